The molecule has 0 bridgehead atoms. The first-order valence-electron chi connectivity index (χ1n) is 11.1. The van der Waals surface area contributed by atoms with E-state index < -0.39 is 17.3 Å². The van der Waals surface area contributed by atoms with Gasteiger partial charge in [-0.25, -0.2) is 14.6 Å². The van der Waals surface area contributed by atoms with E-state index in [-0.39, 0.29) is 24.7 Å². The number of aliphatic hydroxyl groups excluding tert-OH is 1. The molecule has 0 spiro atoms. The molecule has 9 nitrogen and oxygen atoms in total. The Morgan fingerprint density at radius 1 is 1.12 bits per heavy atom. The van der Waals surface area contributed by atoms with Crippen LogP contribution < -0.4 is 10.6 Å². The number of ether oxygens (including phenoxy) is 2. The molecule has 180 valence electrons. The van der Waals surface area contributed by atoms with Gasteiger partial charge in [-0.1, -0.05) is 6.07 Å². The van der Waals surface area contributed by atoms with Crippen molar-refractivity contribution in [3.05, 3.63) is 23.9 Å². The number of rotatable bonds is 7. The summed E-state index contributed by atoms with van der Waals surface area (Å²) in [6, 6.07) is 5.51. The zero-order chi connectivity index (χ0) is 23.9. The Labute approximate surface area is 190 Å². The monoisotopic (exact) mass is 450 g/mol. The third kappa shape index (κ3) is 9.00. The van der Waals surface area contributed by atoms with Crippen LogP contribution in [-0.2, 0) is 15.9 Å². The molecule has 9 heteroatoms. The van der Waals surface area contributed by atoms with Crippen LogP contribution in [0.15, 0.2) is 18.2 Å². The van der Waals surface area contributed by atoms with Crippen molar-refractivity contribution in [2.24, 2.45) is 5.92 Å². The van der Waals surface area contributed by atoms with Crippen molar-refractivity contribution >= 4 is 18.0 Å². The fourth-order valence-electron chi connectivity index (χ4n) is 3.49. The number of nitrogens with zero attached hydrogens (tertiary/aromatic N) is 2. The lowest BCUT2D eigenvalue weighted by Gasteiger charge is -2.24. The second-order valence-electron chi connectivity index (χ2n) is 10.1. The molecule has 0 saturated carbocycles. The third-order valence-corrected chi connectivity index (χ3v) is 4.74. The summed E-state index contributed by atoms with van der Waals surface area (Å²) in [6.45, 7) is 12.8. The predicted molar refractivity (Wildman–Crippen MR) is 123 cm³/mol. The Bertz CT molecular complexity index is 772. The van der Waals surface area contributed by atoms with Gasteiger partial charge < -0.3 is 24.8 Å². The molecule has 1 aromatic heterocycles. The molecule has 0 radical (unpaired) electrons. The van der Waals surface area contributed by atoms with Crippen LogP contribution >= 0.6 is 0 Å². The van der Waals surface area contributed by atoms with Crippen LogP contribution in [0.3, 0.4) is 0 Å². The maximum Gasteiger partial charge on any atom is 0.413 e. The molecular weight excluding hydrogens is 412 g/mol. The number of carbonyl (C=O) groups is 2. The fourth-order valence-corrected chi connectivity index (χ4v) is 3.49. The molecule has 3 N–H and O–H groups in total. The highest BCUT2D eigenvalue weighted by molar-refractivity contribution is 5.83. The number of anilines is 1. The van der Waals surface area contributed by atoms with Crippen molar-refractivity contribution in [3.8, 4) is 0 Å². The van der Waals surface area contributed by atoms with Crippen molar-refractivity contribution in [2.75, 3.05) is 31.6 Å². The Balaban J connectivity index is 2.06. The van der Waals surface area contributed by atoms with Crippen LogP contribution in [0.1, 0.15) is 53.7 Å². The zero-order valence-corrected chi connectivity index (χ0v) is 20.1. The molecule has 0 aliphatic carbocycles. The molecule has 2 rings (SSSR count). The molecule has 2 atom stereocenters. The molecule has 2 amide bonds. The Hall–Kier alpha value is -2.39. The Morgan fingerprint density at radius 3 is 2.44 bits per heavy atom. The number of carbonyl (C=O) groups excluding carboxylic acids is 2. The lowest BCUT2D eigenvalue weighted by Crippen LogP contribution is -2.39. The minimum absolute atomic E-state index is 0.0540. The topological polar surface area (TPSA) is 113 Å². The predicted octanol–water partition coefficient (Wildman–Crippen LogP) is 3.18. The molecule has 1 saturated heterocycles. The number of aromatic nitrogens is 1. The number of amides is 2. The van der Waals surface area contributed by atoms with Crippen molar-refractivity contribution in [2.45, 2.75) is 71.6 Å². The summed E-state index contributed by atoms with van der Waals surface area (Å²) in [6.07, 6.45) is 0.383. The van der Waals surface area contributed by atoms with E-state index in [9.17, 15) is 9.59 Å². The standard InChI is InChI=1S/C23H38N4O5/c1-22(2,3)31-20(29)26-19-10-7-9-17(25-19)13-16-14-27(21(30)32-23(4,5)6)15-18(16)24-11-8-12-28/h7,9-10,16,18,24,28H,8,11-15H2,1-6H3,(H,25,26,29). The van der Waals surface area contributed by atoms with E-state index in [2.05, 4.69) is 15.6 Å². The van der Waals surface area contributed by atoms with Gasteiger partial charge in [-0.3, -0.25) is 5.32 Å². The van der Waals surface area contributed by atoms with Crippen molar-refractivity contribution in [1.82, 2.24) is 15.2 Å². The fraction of sp³-hybridized carbons (Fsp3) is 0.696. The molecule has 32 heavy (non-hydrogen) atoms. The first-order valence-corrected chi connectivity index (χ1v) is 11.1. The summed E-state index contributed by atoms with van der Waals surface area (Å²) in [5, 5.41) is 15.2. The van der Waals surface area contributed by atoms with Gasteiger partial charge in [0.05, 0.1) is 0 Å². The normalized spacial score (nSPS) is 19.0. The molecule has 1 aromatic rings. The van der Waals surface area contributed by atoms with E-state index in [1.54, 1.807) is 31.7 Å². The minimum Gasteiger partial charge on any atom is -0.444 e. The smallest absolute Gasteiger partial charge is 0.413 e. The van der Waals surface area contributed by atoms with Crippen molar-refractivity contribution < 1.29 is 24.2 Å². The van der Waals surface area contributed by atoms with Crippen molar-refractivity contribution in [3.63, 3.8) is 0 Å². The van der Waals surface area contributed by atoms with Crippen LogP contribution in [0.25, 0.3) is 0 Å². The second kappa shape index (κ2) is 11.0. The van der Waals surface area contributed by atoms with Gasteiger partial charge in [-0.05, 0) is 79.0 Å². The van der Waals surface area contributed by atoms with E-state index in [0.29, 0.717) is 38.3 Å². The third-order valence-electron chi connectivity index (χ3n) is 4.74. The largest absolute Gasteiger partial charge is 0.444 e. The van der Waals surface area contributed by atoms with Crippen LogP contribution in [0.5, 0.6) is 0 Å². The SMILES string of the molecule is CC(C)(C)OC(=O)Nc1cccc(CC2CN(C(=O)OC(C)(C)C)CC2NCCCO)n1. The number of hydrogen-bond donors (Lipinski definition) is 3. The van der Waals surface area contributed by atoms with Gasteiger partial charge in [-0.15, -0.1) is 0 Å². The average molecular weight is 451 g/mol. The Kier molecular flexibility index (Phi) is 8.86. The molecule has 1 fully saturated rings. The minimum atomic E-state index is -0.593. The molecule has 0 aromatic carbocycles. The van der Waals surface area contributed by atoms with Gasteiger partial charge in [0.1, 0.15) is 17.0 Å². The average Bonchev–Trinajstić information content (AvgIpc) is 3.02. The summed E-state index contributed by atoms with van der Waals surface area (Å²) in [5.74, 6) is 0.536. The zero-order valence-electron chi connectivity index (χ0n) is 20.1. The van der Waals surface area contributed by atoms with E-state index in [1.807, 2.05) is 32.9 Å². The van der Waals surface area contributed by atoms with E-state index in [1.165, 1.54) is 0 Å². The molecule has 2 unspecified atom stereocenters. The number of hydrogen-bond acceptors (Lipinski definition) is 7. The van der Waals surface area contributed by atoms with E-state index in [4.69, 9.17) is 14.6 Å². The first kappa shape index (κ1) is 25.9. The summed E-state index contributed by atoms with van der Waals surface area (Å²) in [5.41, 5.74) is -0.342. The van der Waals surface area contributed by atoms with Crippen LogP contribution in [-0.4, -0.2) is 70.7 Å². The van der Waals surface area contributed by atoms with Gasteiger partial charge >= 0.3 is 12.2 Å². The van der Waals surface area contributed by atoms with Gasteiger partial charge in [0.2, 0.25) is 0 Å². The first-order chi connectivity index (χ1) is 14.9. The maximum absolute atomic E-state index is 12.6. The summed E-state index contributed by atoms with van der Waals surface area (Å²) in [4.78, 5) is 30.9. The number of pyridine rings is 1. The quantitative estimate of drug-likeness (QED) is 0.547. The van der Waals surface area contributed by atoms with Gasteiger partial charge in [-0.2, -0.15) is 0 Å². The highest BCUT2D eigenvalue weighted by Gasteiger charge is 2.37. The number of aliphatic hydroxyl groups is 1. The van der Waals surface area contributed by atoms with E-state index >= 15 is 0 Å². The van der Waals surface area contributed by atoms with Crippen LogP contribution in [0.4, 0.5) is 15.4 Å². The highest BCUT2D eigenvalue weighted by Crippen LogP contribution is 2.24. The van der Waals surface area contributed by atoms with Gasteiger partial charge in [0, 0.05) is 31.4 Å². The Morgan fingerprint density at radius 2 is 1.81 bits per heavy atom. The highest BCUT2D eigenvalue weighted by atomic mass is 16.6. The summed E-state index contributed by atoms with van der Waals surface area (Å²) < 4.78 is 10.8. The molecule has 1 aliphatic heterocycles. The maximum atomic E-state index is 12.6. The van der Waals surface area contributed by atoms with Crippen molar-refractivity contribution in [1.29, 1.82) is 0 Å². The molecule has 2 heterocycles. The summed E-state index contributed by atoms with van der Waals surface area (Å²) in [7, 11) is 0. The number of likely N-dealkylation sites (tertiary alicyclic amines) is 1. The second-order valence-corrected chi connectivity index (χ2v) is 10.1. The van der Waals surface area contributed by atoms with Gasteiger partial charge in [0.25, 0.3) is 0 Å². The van der Waals surface area contributed by atoms with Gasteiger partial charge in [0.15, 0.2) is 0 Å². The summed E-state index contributed by atoms with van der Waals surface area (Å²) >= 11 is 0. The van der Waals surface area contributed by atoms with E-state index in [0.717, 1.165) is 5.69 Å². The molecule has 1 aliphatic rings. The molecular formula is C23H38N4O5. The van der Waals surface area contributed by atoms with Crippen LogP contribution in [0, 0.1) is 5.92 Å². The number of nitrogens with one attached hydrogen (secondary N) is 2. The lowest BCUT2D eigenvalue weighted by molar-refractivity contribution is 0.0285. The van der Waals surface area contributed by atoms with Crippen LogP contribution in [0.2, 0.25) is 0 Å². The lowest BCUT2D eigenvalue weighted by atomic mass is 9.97.